The molecule has 0 aliphatic rings. The smallest absolute Gasteiger partial charge is 0.187 e. The zero-order valence-electron chi connectivity index (χ0n) is 5.18. The fraction of sp³-hybridized carbons (Fsp3) is 0. The van der Waals surface area contributed by atoms with Crippen molar-refractivity contribution in [1.82, 2.24) is 0 Å². The van der Waals surface area contributed by atoms with Gasteiger partial charge in [-0.05, 0) is 34.1 Å². The highest BCUT2D eigenvalue weighted by Gasteiger charge is 2.12. The van der Waals surface area contributed by atoms with Crippen molar-refractivity contribution in [3.63, 3.8) is 0 Å². The predicted molar refractivity (Wildman–Crippen MR) is 46.4 cm³/mol. The molecule has 1 aromatic rings. The second-order valence-corrected chi connectivity index (χ2v) is 4.38. The minimum atomic E-state index is -1.59. The summed E-state index contributed by atoms with van der Waals surface area (Å²) in [5.41, 5.74) is 0. The molecule has 1 rings (SSSR count). The molecule has 0 amide bonds. The maximum Gasteiger partial charge on any atom is 0.187 e. The fourth-order valence-electron chi connectivity index (χ4n) is 0.605. The SMILES string of the molecule is [O-][S+](Cl)c1ccc(F)cc1Br. The average molecular weight is 258 g/mol. The minimum absolute atomic E-state index is 0.382. The van der Waals surface area contributed by atoms with Gasteiger partial charge in [0.1, 0.15) is 16.2 Å². The van der Waals surface area contributed by atoms with Crippen molar-refractivity contribution in [3.05, 3.63) is 28.5 Å². The highest BCUT2D eigenvalue weighted by molar-refractivity contribution is 9.10. The average Bonchev–Trinajstić information content (AvgIpc) is 1.85. The molecule has 0 radical (unpaired) electrons. The van der Waals surface area contributed by atoms with E-state index >= 15 is 0 Å². The summed E-state index contributed by atoms with van der Waals surface area (Å²) in [4.78, 5) is 0.382. The third-order valence-electron chi connectivity index (χ3n) is 1.07. The van der Waals surface area contributed by atoms with Gasteiger partial charge in [-0.15, -0.1) is 0 Å². The Hall–Kier alpha value is 0.230. The molecule has 1 unspecified atom stereocenters. The topological polar surface area (TPSA) is 23.1 Å². The van der Waals surface area contributed by atoms with Crippen LogP contribution in [-0.2, 0) is 10.4 Å². The third kappa shape index (κ3) is 2.33. The van der Waals surface area contributed by atoms with Crippen LogP contribution in [-0.4, -0.2) is 4.55 Å². The van der Waals surface area contributed by atoms with Gasteiger partial charge in [-0.2, -0.15) is 0 Å². The summed E-state index contributed by atoms with van der Waals surface area (Å²) in [6.45, 7) is 0. The summed E-state index contributed by atoms with van der Waals surface area (Å²) in [7, 11) is 3.69. The first-order valence-electron chi connectivity index (χ1n) is 2.64. The summed E-state index contributed by atoms with van der Waals surface area (Å²) >= 11 is 3.03. The van der Waals surface area contributed by atoms with E-state index in [4.69, 9.17) is 10.7 Å². The summed E-state index contributed by atoms with van der Waals surface area (Å²) in [5, 5.41) is 0. The Kier molecular flexibility index (Phi) is 3.18. The quantitative estimate of drug-likeness (QED) is 0.710. The Balaban J connectivity index is 3.09. The second kappa shape index (κ2) is 3.76. The zero-order valence-corrected chi connectivity index (χ0v) is 8.34. The van der Waals surface area contributed by atoms with E-state index in [0.29, 0.717) is 9.37 Å². The highest BCUT2D eigenvalue weighted by atomic mass is 79.9. The van der Waals surface area contributed by atoms with Crippen LogP contribution in [0.25, 0.3) is 0 Å². The Bertz CT molecular complexity index is 269. The second-order valence-electron chi connectivity index (χ2n) is 1.80. The summed E-state index contributed by atoms with van der Waals surface area (Å²) in [5.74, 6) is -0.386. The van der Waals surface area contributed by atoms with Crippen LogP contribution in [0.2, 0.25) is 0 Å². The summed E-state index contributed by atoms with van der Waals surface area (Å²) in [6, 6.07) is 3.80. The van der Waals surface area contributed by atoms with Gasteiger partial charge in [0.05, 0.1) is 4.47 Å². The summed E-state index contributed by atoms with van der Waals surface area (Å²) in [6.07, 6.45) is 0. The van der Waals surface area contributed by atoms with Gasteiger partial charge in [0.2, 0.25) is 0 Å². The molecule has 0 saturated carbocycles. The maximum absolute atomic E-state index is 12.4. The van der Waals surface area contributed by atoms with Crippen LogP contribution in [0.3, 0.4) is 0 Å². The fourth-order valence-corrected chi connectivity index (χ4v) is 2.47. The van der Waals surface area contributed by atoms with Crippen molar-refractivity contribution in [2.75, 3.05) is 0 Å². The number of rotatable bonds is 1. The molecule has 0 aromatic heterocycles. The highest BCUT2D eigenvalue weighted by Crippen LogP contribution is 2.25. The van der Waals surface area contributed by atoms with Gasteiger partial charge in [-0.3, -0.25) is 0 Å². The van der Waals surface area contributed by atoms with E-state index in [1.807, 2.05) is 0 Å². The van der Waals surface area contributed by atoms with Gasteiger partial charge in [-0.1, -0.05) is 0 Å². The first kappa shape index (κ1) is 9.32. The lowest BCUT2D eigenvalue weighted by Gasteiger charge is -2.00. The Morgan fingerprint density at radius 2 is 2.18 bits per heavy atom. The molecular weight excluding hydrogens is 254 g/mol. The molecule has 0 bridgehead atoms. The number of hydrogen-bond acceptors (Lipinski definition) is 1. The van der Waals surface area contributed by atoms with Crippen molar-refractivity contribution < 1.29 is 8.94 Å². The van der Waals surface area contributed by atoms with E-state index in [-0.39, 0.29) is 5.82 Å². The molecule has 1 aromatic carbocycles. The van der Waals surface area contributed by atoms with Gasteiger partial charge in [-0.25, -0.2) is 4.39 Å². The van der Waals surface area contributed by atoms with Crippen LogP contribution in [0, 0.1) is 5.82 Å². The first-order chi connectivity index (χ1) is 5.11. The van der Waals surface area contributed by atoms with Crippen LogP contribution < -0.4 is 0 Å². The first-order valence-corrected chi connectivity index (χ1v) is 5.41. The lowest BCUT2D eigenvalue weighted by atomic mass is 10.3. The lowest BCUT2D eigenvalue weighted by molar-refractivity contribution is 0.605. The van der Waals surface area contributed by atoms with Gasteiger partial charge in [0, 0.05) is 0 Å². The van der Waals surface area contributed by atoms with E-state index in [9.17, 15) is 8.94 Å². The largest absolute Gasteiger partial charge is 0.594 e. The van der Waals surface area contributed by atoms with Crippen molar-refractivity contribution in [1.29, 1.82) is 0 Å². The predicted octanol–water partition coefficient (Wildman–Crippen LogP) is 2.85. The Labute approximate surface area is 79.4 Å². The third-order valence-corrected chi connectivity index (χ3v) is 3.19. The molecule has 0 spiro atoms. The normalized spacial score (nSPS) is 13.1. The number of hydrogen-bond donors (Lipinski definition) is 0. The molecule has 0 aliphatic heterocycles. The van der Waals surface area contributed by atoms with Crippen molar-refractivity contribution in [2.24, 2.45) is 0 Å². The van der Waals surface area contributed by atoms with Crippen molar-refractivity contribution in [2.45, 2.75) is 4.90 Å². The minimum Gasteiger partial charge on any atom is -0.594 e. The van der Waals surface area contributed by atoms with E-state index in [1.54, 1.807) is 0 Å². The van der Waals surface area contributed by atoms with Crippen molar-refractivity contribution in [3.8, 4) is 0 Å². The van der Waals surface area contributed by atoms with E-state index in [0.717, 1.165) is 0 Å². The van der Waals surface area contributed by atoms with Crippen LogP contribution in [0.15, 0.2) is 27.6 Å². The molecule has 0 aliphatic carbocycles. The van der Waals surface area contributed by atoms with Gasteiger partial charge in [0.15, 0.2) is 15.6 Å². The molecule has 0 N–H and O–H groups in total. The molecule has 1 nitrogen and oxygen atoms in total. The van der Waals surface area contributed by atoms with E-state index < -0.39 is 10.4 Å². The van der Waals surface area contributed by atoms with Crippen LogP contribution in [0.4, 0.5) is 4.39 Å². The summed E-state index contributed by atoms with van der Waals surface area (Å²) < 4.78 is 23.6. The van der Waals surface area contributed by atoms with Crippen molar-refractivity contribution >= 4 is 37.0 Å². The number of halogens is 3. The standard InChI is InChI=1S/C6H3BrClFOS/c7-5-3-4(9)1-2-6(5)11(8)10/h1-3H. The molecular formula is C6H3BrClFOS. The molecule has 60 valence electrons. The Morgan fingerprint density at radius 1 is 1.55 bits per heavy atom. The van der Waals surface area contributed by atoms with Gasteiger partial charge < -0.3 is 4.55 Å². The molecule has 5 heteroatoms. The molecule has 11 heavy (non-hydrogen) atoms. The van der Waals surface area contributed by atoms with E-state index in [2.05, 4.69) is 15.9 Å². The molecule has 0 fully saturated rings. The van der Waals surface area contributed by atoms with Crippen LogP contribution in [0.1, 0.15) is 0 Å². The molecule has 0 saturated heterocycles. The van der Waals surface area contributed by atoms with Crippen LogP contribution >= 0.6 is 26.6 Å². The number of benzene rings is 1. The van der Waals surface area contributed by atoms with E-state index in [1.165, 1.54) is 18.2 Å². The van der Waals surface area contributed by atoms with Gasteiger partial charge in [0.25, 0.3) is 0 Å². The Morgan fingerprint density at radius 3 is 2.64 bits per heavy atom. The molecule has 0 heterocycles. The molecule has 1 atom stereocenters. The zero-order chi connectivity index (χ0) is 8.43. The maximum atomic E-state index is 12.4. The van der Waals surface area contributed by atoms with Crippen LogP contribution in [0.5, 0.6) is 0 Å². The monoisotopic (exact) mass is 256 g/mol. The lowest BCUT2D eigenvalue weighted by Crippen LogP contribution is -1.92. The van der Waals surface area contributed by atoms with Gasteiger partial charge >= 0.3 is 0 Å².